The Morgan fingerprint density at radius 1 is 1.32 bits per heavy atom. The number of carbonyl (C=O) groups excluding carboxylic acids is 1. The van der Waals surface area contributed by atoms with Gasteiger partial charge in [-0.2, -0.15) is 5.26 Å². The molecule has 1 amide bonds. The minimum Gasteiger partial charge on any atom is -0.321 e. The second-order valence-corrected chi connectivity index (χ2v) is 5.26. The highest BCUT2D eigenvalue weighted by atomic mass is 32.1. The monoisotopic (exact) mass is 270 g/mol. The van der Waals surface area contributed by atoms with Crippen molar-refractivity contribution in [3.8, 4) is 6.07 Å². The van der Waals surface area contributed by atoms with E-state index in [0.29, 0.717) is 5.56 Å². The van der Waals surface area contributed by atoms with Crippen LogP contribution in [-0.2, 0) is 0 Å². The van der Waals surface area contributed by atoms with E-state index >= 15 is 0 Å². The van der Waals surface area contributed by atoms with Crippen molar-refractivity contribution in [2.45, 2.75) is 13.0 Å². The van der Waals surface area contributed by atoms with Crippen LogP contribution in [0.25, 0.3) is 0 Å². The Balaban J connectivity index is 2.29. The van der Waals surface area contributed by atoms with Gasteiger partial charge in [-0.3, -0.25) is 4.79 Å². The number of aryl methyl sites for hydroxylation is 1. The Morgan fingerprint density at radius 3 is 2.63 bits per heavy atom. The fraction of sp³-hybridized carbons (Fsp3) is 0.200. The first-order chi connectivity index (χ1) is 9.15. The highest BCUT2D eigenvalue weighted by molar-refractivity contribution is 7.10. The van der Waals surface area contributed by atoms with Crippen LogP contribution in [0, 0.1) is 18.3 Å². The summed E-state index contributed by atoms with van der Waals surface area (Å²) in [5.74, 6) is -0.127. The molecule has 2 aromatic rings. The number of amides is 1. The van der Waals surface area contributed by atoms with Gasteiger partial charge in [0.1, 0.15) is 0 Å². The van der Waals surface area contributed by atoms with Crippen LogP contribution < -0.4 is 0 Å². The topological polar surface area (TPSA) is 44.1 Å². The fourth-order valence-corrected chi connectivity index (χ4v) is 2.72. The largest absolute Gasteiger partial charge is 0.321 e. The van der Waals surface area contributed by atoms with Crippen LogP contribution in [0.4, 0.5) is 0 Å². The average Bonchev–Trinajstić information content (AvgIpc) is 2.93. The van der Waals surface area contributed by atoms with Gasteiger partial charge >= 0.3 is 0 Å². The zero-order chi connectivity index (χ0) is 13.8. The molecule has 0 aliphatic carbocycles. The number of thiophene rings is 1. The zero-order valence-electron chi connectivity index (χ0n) is 10.8. The molecule has 0 radical (unpaired) electrons. The van der Waals surface area contributed by atoms with Gasteiger partial charge in [-0.1, -0.05) is 24.3 Å². The van der Waals surface area contributed by atoms with Gasteiger partial charge in [0.25, 0.3) is 5.91 Å². The highest BCUT2D eigenvalue weighted by Crippen LogP contribution is 2.25. The van der Waals surface area contributed by atoms with Crippen molar-refractivity contribution in [2.75, 3.05) is 7.05 Å². The van der Waals surface area contributed by atoms with Gasteiger partial charge < -0.3 is 4.90 Å². The average molecular weight is 270 g/mol. The van der Waals surface area contributed by atoms with E-state index in [1.165, 1.54) is 16.2 Å². The molecule has 2 rings (SSSR count). The smallest absolute Gasteiger partial charge is 0.255 e. The van der Waals surface area contributed by atoms with Gasteiger partial charge in [-0.15, -0.1) is 11.3 Å². The van der Waals surface area contributed by atoms with E-state index in [-0.39, 0.29) is 5.91 Å². The van der Waals surface area contributed by atoms with Crippen LogP contribution in [0.15, 0.2) is 41.8 Å². The minimum atomic E-state index is -0.535. The van der Waals surface area contributed by atoms with Crippen LogP contribution in [0.3, 0.4) is 0 Å². The molecule has 0 bridgehead atoms. The van der Waals surface area contributed by atoms with Gasteiger partial charge in [-0.05, 0) is 30.0 Å². The first kappa shape index (κ1) is 13.3. The predicted octanol–water partition coefficient (Wildman–Crippen LogP) is 3.39. The molecule has 0 aliphatic rings. The van der Waals surface area contributed by atoms with Crippen molar-refractivity contribution in [3.05, 3.63) is 57.8 Å². The molecule has 0 fully saturated rings. The Hall–Kier alpha value is -2.12. The quantitative estimate of drug-likeness (QED) is 0.858. The van der Waals surface area contributed by atoms with Crippen molar-refractivity contribution < 1.29 is 4.79 Å². The lowest BCUT2D eigenvalue weighted by Crippen LogP contribution is -2.30. The maximum atomic E-state index is 12.4. The van der Waals surface area contributed by atoms with E-state index in [2.05, 4.69) is 6.07 Å². The highest BCUT2D eigenvalue weighted by Gasteiger charge is 2.23. The number of benzene rings is 1. The van der Waals surface area contributed by atoms with Crippen molar-refractivity contribution in [3.63, 3.8) is 0 Å². The van der Waals surface area contributed by atoms with Gasteiger partial charge in [0.05, 0.1) is 6.07 Å². The lowest BCUT2D eigenvalue weighted by molar-refractivity contribution is 0.0764. The summed E-state index contributed by atoms with van der Waals surface area (Å²) >= 11 is 1.48. The molecule has 0 saturated heterocycles. The molecule has 1 aromatic carbocycles. The third-order valence-electron chi connectivity index (χ3n) is 3.02. The molecule has 4 heteroatoms. The van der Waals surface area contributed by atoms with Crippen LogP contribution in [-0.4, -0.2) is 17.9 Å². The summed E-state index contributed by atoms with van der Waals surface area (Å²) in [7, 11) is 1.67. The van der Waals surface area contributed by atoms with Gasteiger partial charge in [0, 0.05) is 17.5 Å². The maximum Gasteiger partial charge on any atom is 0.255 e. The molecule has 1 aromatic heterocycles. The van der Waals surface area contributed by atoms with E-state index < -0.39 is 6.04 Å². The molecular weight excluding hydrogens is 256 g/mol. The summed E-state index contributed by atoms with van der Waals surface area (Å²) in [6.07, 6.45) is 0. The first-order valence-electron chi connectivity index (χ1n) is 5.91. The minimum absolute atomic E-state index is 0.127. The summed E-state index contributed by atoms with van der Waals surface area (Å²) in [5.41, 5.74) is 1.56. The summed E-state index contributed by atoms with van der Waals surface area (Å²) < 4.78 is 0. The third-order valence-corrected chi connectivity index (χ3v) is 3.94. The molecule has 0 saturated carbocycles. The van der Waals surface area contributed by atoms with E-state index in [1.807, 2.05) is 42.6 Å². The predicted molar refractivity (Wildman–Crippen MR) is 75.9 cm³/mol. The summed E-state index contributed by atoms with van der Waals surface area (Å²) in [6.45, 7) is 1.90. The third kappa shape index (κ3) is 2.67. The van der Waals surface area contributed by atoms with Crippen molar-refractivity contribution >= 4 is 17.2 Å². The second-order valence-electron chi connectivity index (χ2n) is 4.28. The standard InChI is InChI=1S/C15H14N2OS/c1-11-6-3-4-7-12(11)15(18)17(2)13(10-16)14-8-5-9-19-14/h3-9,13H,1-2H3. The van der Waals surface area contributed by atoms with Crippen molar-refractivity contribution in [1.29, 1.82) is 5.26 Å². The number of nitriles is 1. The Labute approximate surface area is 116 Å². The summed E-state index contributed by atoms with van der Waals surface area (Å²) in [4.78, 5) is 14.8. The number of hydrogen-bond acceptors (Lipinski definition) is 3. The molecular formula is C15H14N2OS. The van der Waals surface area contributed by atoms with E-state index in [4.69, 9.17) is 0 Å². The molecule has 96 valence electrons. The van der Waals surface area contributed by atoms with E-state index in [1.54, 1.807) is 13.1 Å². The van der Waals surface area contributed by atoms with Crippen molar-refractivity contribution in [1.82, 2.24) is 4.90 Å². The lowest BCUT2D eigenvalue weighted by Gasteiger charge is -2.22. The summed E-state index contributed by atoms with van der Waals surface area (Å²) in [6, 6.07) is 12.8. The van der Waals surface area contributed by atoms with Crippen molar-refractivity contribution in [2.24, 2.45) is 0 Å². The number of hydrogen-bond donors (Lipinski definition) is 0. The fourth-order valence-electron chi connectivity index (χ4n) is 1.91. The lowest BCUT2D eigenvalue weighted by atomic mass is 10.1. The molecule has 3 nitrogen and oxygen atoms in total. The van der Waals surface area contributed by atoms with Gasteiger partial charge in [0.15, 0.2) is 6.04 Å². The maximum absolute atomic E-state index is 12.4. The molecule has 1 atom stereocenters. The second kappa shape index (κ2) is 5.68. The van der Waals surface area contributed by atoms with E-state index in [0.717, 1.165) is 10.4 Å². The summed E-state index contributed by atoms with van der Waals surface area (Å²) in [5, 5.41) is 11.2. The SMILES string of the molecule is Cc1ccccc1C(=O)N(C)C(C#N)c1cccs1. The number of carbonyl (C=O) groups is 1. The Kier molecular flexibility index (Phi) is 3.98. The molecule has 1 heterocycles. The van der Waals surface area contributed by atoms with Crippen LogP contribution in [0.2, 0.25) is 0 Å². The Morgan fingerprint density at radius 2 is 2.05 bits per heavy atom. The molecule has 0 N–H and O–H groups in total. The molecule has 1 unspecified atom stereocenters. The number of nitrogens with zero attached hydrogens (tertiary/aromatic N) is 2. The first-order valence-corrected chi connectivity index (χ1v) is 6.79. The van der Waals surface area contributed by atoms with E-state index in [9.17, 15) is 10.1 Å². The molecule has 0 aliphatic heterocycles. The molecule has 19 heavy (non-hydrogen) atoms. The zero-order valence-corrected chi connectivity index (χ0v) is 11.6. The van der Waals surface area contributed by atoms with Crippen LogP contribution in [0.1, 0.15) is 26.8 Å². The Bertz CT molecular complexity index is 613. The van der Waals surface area contributed by atoms with Crippen LogP contribution >= 0.6 is 11.3 Å². The van der Waals surface area contributed by atoms with Gasteiger partial charge in [0.2, 0.25) is 0 Å². The van der Waals surface area contributed by atoms with Gasteiger partial charge in [-0.25, -0.2) is 0 Å². The van der Waals surface area contributed by atoms with Crippen LogP contribution in [0.5, 0.6) is 0 Å². The number of rotatable bonds is 3. The molecule has 0 spiro atoms. The normalized spacial score (nSPS) is 11.6.